The fraction of sp³-hybridized carbons (Fsp3) is 0.188. The van der Waals surface area contributed by atoms with Gasteiger partial charge in [-0.25, -0.2) is 4.39 Å². The second-order valence-electron chi connectivity index (χ2n) is 4.86. The summed E-state index contributed by atoms with van der Waals surface area (Å²) in [7, 11) is 0. The predicted molar refractivity (Wildman–Crippen MR) is 79.4 cm³/mol. The van der Waals surface area contributed by atoms with Crippen molar-refractivity contribution in [3.63, 3.8) is 0 Å². The Morgan fingerprint density at radius 2 is 1.80 bits per heavy atom. The molecule has 0 radical (unpaired) electrons. The van der Waals surface area contributed by atoms with Gasteiger partial charge in [-0.05, 0) is 49.6 Å². The standard InChI is InChI=1S/C16H17FN2O/c1-9-7-8-13(18)15(11(9)3)19-16(20)12-6-4-5-10(2)14(12)17/h4-8H,18H2,1-3H3,(H,19,20). The summed E-state index contributed by atoms with van der Waals surface area (Å²) in [5, 5.41) is 2.70. The molecule has 20 heavy (non-hydrogen) atoms. The molecule has 2 aromatic carbocycles. The fourth-order valence-corrected chi connectivity index (χ4v) is 2.01. The van der Waals surface area contributed by atoms with E-state index < -0.39 is 11.7 Å². The third kappa shape index (κ3) is 2.50. The Labute approximate surface area is 117 Å². The van der Waals surface area contributed by atoms with Crippen molar-refractivity contribution in [2.24, 2.45) is 0 Å². The molecule has 0 heterocycles. The first-order valence-electron chi connectivity index (χ1n) is 6.34. The zero-order valence-corrected chi connectivity index (χ0v) is 11.8. The quantitative estimate of drug-likeness (QED) is 0.821. The van der Waals surface area contributed by atoms with Crippen molar-refractivity contribution in [1.29, 1.82) is 0 Å². The Kier molecular flexibility index (Phi) is 3.74. The van der Waals surface area contributed by atoms with E-state index in [2.05, 4.69) is 5.32 Å². The van der Waals surface area contributed by atoms with Crippen molar-refractivity contribution in [3.8, 4) is 0 Å². The van der Waals surface area contributed by atoms with Gasteiger partial charge in [0.05, 0.1) is 16.9 Å². The minimum atomic E-state index is -0.506. The van der Waals surface area contributed by atoms with Gasteiger partial charge in [0, 0.05) is 0 Å². The molecule has 2 rings (SSSR count). The van der Waals surface area contributed by atoms with Crippen LogP contribution in [0, 0.1) is 26.6 Å². The van der Waals surface area contributed by atoms with Gasteiger partial charge in [-0.2, -0.15) is 0 Å². The van der Waals surface area contributed by atoms with Crippen LogP contribution < -0.4 is 11.1 Å². The zero-order chi connectivity index (χ0) is 14.9. The average Bonchev–Trinajstić information content (AvgIpc) is 2.42. The number of amides is 1. The molecule has 0 spiro atoms. The number of anilines is 2. The molecule has 0 atom stereocenters. The molecule has 0 aliphatic rings. The molecule has 0 unspecified atom stereocenters. The van der Waals surface area contributed by atoms with E-state index in [0.29, 0.717) is 16.9 Å². The summed E-state index contributed by atoms with van der Waals surface area (Å²) in [6.07, 6.45) is 0. The smallest absolute Gasteiger partial charge is 0.258 e. The van der Waals surface area contributed by atoms with Crippen molar-refractivity contribution in [3.05, 3.63) is 58.4 Å². The Morgan fingerprint density at radius 3 is 2.50 bits per heavy atom. The summed E-state index contributed by atoms with van der Waals surface area (Å²) < 4.78 is 13.9. The molecular formula is C16H17FN2O. The summed E-state index contributed by atoms with van der Waals surface area (Å²) in [6, 6.07) is 8.34. The van der Waals surface area contributed by atoms with E-state index in [1.807, 2.05) is 19.9 Å². The number of benzene rings is 2. The molecule has 2 aromatic rings. The Hall–Kier alpha value is -2.36. The highest BCUT2D eigenvalue weighted by atomic mass is 19.1. The number of halogens is 1. The van der Waals surface area contributed by atoms with Crippen LogP contribution in [0.25, 0.3) is 0 Å². The van der Waals surface area contributed by atoms with Crippen molar-refractivity contribution < 1.29 is 9.18 Å². The highest BCUT2D eigenvalue weighted by Gasteiger charge is 2.15. The maximum absolute atomic E-state index is 13.9. The first kappa shape index (κ1) is 14.1. The predicted octanol–water partition coefficient (Wildman–Crippen LogP) is 3.59. The van der Waals surface area contributed by atoms with E-state index >= 15 is 0 Å². The molecule has 3 N–H and O–H groups in total. The summed E-state index contributed by atoms with van der Waals surface area (Å²) in [5.74, 6) is -1.000. The Bertz CT molecular complexity index is 680. The first-order chi connectivity index (χ1) is 9.41. The average molecular weight is 272 g/mol. The number of nitrogens with one attached hydrogen (secondary N) is 1. The molecule has 104 valence electrons. The second kappa shape index (κ2) is 5.33. The lowest BCUT2D eigenvalue weighted by Crippen LogP contribution is -2.16. The minimum absolute atomic E-state index is 0.0188. The number of nitrogen functional groups attached to an aromatic ring is 1. The van der Waals surface area contributed by atoms with Gasteiger partial charge in [0.25, 0.3) is 5.91 Å². The molecule has 0 bridgehead atoms. The van der Waals surface area contributed by atoms with Crippen LogP contribution >= 0.6 is 0 Å². The van der Waals surface area contributed by atoms with Crippen molar-refractivity contribution in [2.75, 3.05) is 11.1 Å². The first-order valence-corrected chi connectivity index (χ1v) is 6.34. The van der Waals surface area contributed by atoms with Crippen LogP contribution in [0.1, 0.15) is 27.0 Å². The maximum Gasteiger partial charge on any atom is 0.258 e. The topological polar surface area (TPSA) is 55.1 Å². The van der Waals surface area contributed by atoms with Gasteiger partial charge < -0.3 is 11.1 Å². The van der Waals surface area contributed by atoms with Crippen LogP contribution in [0.3, 0.4) is 0 Å². The number of aryl methyl sites for hydroxylation is 2. The molecule has 0 fully saturated rings. The molecule has 0 saturated heterocycles. The monoisotopic (exact) mass is 272 g/mol. The normalized spacial score (nSPS) is 10.4. The molecule has 0 aliphatic carbocycles. The van der Waals surface area contributed by atoms with Crippen molar-refractivity contribution in [2.45, 2.75) is 20.8 Å². The molecule has 0 saturated carbocycles. The number of carbonyl (C=O) groups excluding carboxylic acids is 1. The number of nitrogens with two attached hydrogens (primary N) is 1. The fourth-order valence-electron chi connectivity index (χ4n) is 2.01. The maximum atomic E-state index is 13.9. The second-order valence-corrected chi connectivity index (χ2v) is 4.86. The number of carbonyl (C=O) groups is 1. The van der Waals surface area contributed by atoms with Crippen LogP contribution in [0.15, 0.2) is 30.3 Å². The van der Waals surface area contributed by atoms with E-state index in [0.717, 1.165) is 11.1 Å². The highest BCUT2D eigenvalue weighted by molar-refractivity contribution is 6.06. The van der Waals surface area contributed by atoms with Gasteiger partial charge >= 0.3 is 0 Å². The molecule has 0 aliphatic heterocycles. The Balaban J connectivity index is 2.38. The van der Waals surface area contributed by atoms with Crippen LogP contribution in [-0.4, -0.2) is 5.91 Å². The third-order valence-electron chi connectivity index (χ3n) is 3.44. The SMILES string of the molecule is Cc1ccc(N)c(NC(=O)c2cccc(C)c2F)c1C. The van der Waals surface area contributed by atoms with Gasteiger partial charge in [-0.15, -0.1) is 0 Å². The number of hydrogen-bond donors (Lipinski definition) is 2. The van der Waals surface area contributed by atoms with E-state index in [-0.39, 0.29) is 5.56 Å². The molecule has 4 heteroatoms. The van der Waals surface area contributed by atoms with E-state index in [1.54, 1.807) is 25.1 Å². The lowest BCUT2D eigenvalue weighted by Gasteiger charge is -2.14. The van der Waals surface area contributed by atoms with E-state index in [1.165, 1.54) is 6.07 Å². The largest absolute Gasteiger partial charge is 0.397 e. The lowest BCUT2D eigenvalue weighted by atomic mass is 10.1. The number of rotatable bonds is 2. The van der Waals surface area contributed by atoms with Crippen LogP contribution in [0.5, 0.6) is 0 Å². The van der Waals surface area contributed by atoms with Crippen LogP contribution in [-0.2, 0) is 0 Å². The van der Waals surface area contributed by atoms with Crippen LogP contribution in [0.4, 0.5) is 15.8 Å². The van der Waals surface area contributed by atoms with Crippen molar-refractivity contribution >= 4 is 17.3 Å². The molecule has 0 aromatic heterocycles. The third-order valence-corrected chi connectivity index (χ3v) is 3.44. The van der Waals surface area contributed by atoms with Crippen LogP contribution in [0.2, 0.25) is 0 Å². The minimum Gasteiger partial charge on any atom is -0.397 e. The Morgan fingerprint density at radius 1 is 1.10 bits per heavy atom. The number of hydrogen-bond acceptors (Lipinski definition) is 2. The zero-order valence-electron chi connectivity index (χ0n) is 11.8. The molecule has 1 amide bonds. The van der Waals surface area contributed by atoms with Gasteiger partial charge in [-0.1, -0.05) is 18.2 Å². The lowest BCUT2D eigenvalue weighted by molar-refractivity contribution is 0.102. The summed E-state index contributed by atoms with van der Waals surface area (Å²) in [4.78, 5) is 12.2. The highest BCUT2D eigenvalue weighted by Crippen LogP contribution is 2.26. The van der Waals surface area contributed by atoms with Crippen molar-refractivity contribution in [1.82, 2.24) is 0 Å². The summed E-state index contributed by atoms with van der Waals surface area (Å²) in [5.41, 5.74) is 9.23. The molecular weight excluding hydrogens is 255 g/mol. The van der Waals surface area contributed by atoms with Gasteiger partial charge in [0.2, 0.25) is 0 Å². The summed E-state index contributed by atoms with van der Waals surface area (Å²) >= 11 is 0. The van der Waals surface area contributed by atoms with Gasteiger partial charge in [0.15, 0.2) is 0 Å². The molecule has 3 nitrogen and oxygen atoms in total. The van der Waals surface area contributed by atoms with Gasteiger partial charge in [0.1, 0.15) is 5.82 Å². The van der Waals surface area contributed by atoms with Gasteiger partial charge in [-0.3, -0.25) is 4.79 Å². The van der Waals surface area contributed by atoms with E-state index in [4.69, 9.17) is 5.73 Å². The summed E-state index contributed by atoms with van der Waals surface area (Å²) in [6.45, 7) is 5.42. The van der Waals surface area contributed by atoms with E-state index in [9.17, 15) is 9.18 Å².